The van der Waals surface area contributed by atoms with Crippen LogP contribution in [0.2, 0.25) is 0 Å². The lowest BCUT2D eigenvalue weighted by Gasteiger charge is -2.15. The molecule has 0 aromatic heterocycles. The second kappa shape index (κ2) is 45.2. The molecule has 0 aliphatic carbocycles. The molecule has 5 nitrogen and oxygen atoms in total. The van der Waals surface area contributed by atoms with Crippen molar-refractivity contribution in [3.8, 4) is 0 Å². The Morgan fingerprint density at radius 1 is 0.436 bits per heavy atom. The molecule has 1 unspecified atom stereocenters. The average Bonchev–Trinajstić information content (AvgIpc) is 3.19. The van der Waals surface area contributed by atoms with E-state index >= 15 is 0 Å². The third-order valence-corrected chi connectivity index (χ3v) is 9.11. The first-order chi connectivity index (χ1) is 27.1. The Hall–Kier alpha value is -3.18. The maximum atomic E-state index is 12.2. The van der Waals surface area contributed by atoms with E-state index in [2.05, 4.69) is 111 Å². The lowest BCUT2D eigenvalue weighted by atomic mass is 10.1. The fourth-order valence-electron chi connectivity index (χ4n) is 5.76. The summed E-state index contributed by atoms with van der Waals surface area (Å²) in [6, 6.07) is 0. The Balaban J connectivity index is 3.68. The minimum atomic E-state index is -0.799. The van der Waals surface area contributed by atoms with Crippen molar-refractivity contribution in [2.24, 2.45) is 0 Å². The molecule has 55 heavy (non-hydrogen) atoms. The summed E-state index contributed by atoms with van der Waals surface area (Å²) in [7, 11) is 0. The molecule has 0 aromatic rings. The van der Waals surface area contributed by atoms with Gasteiger partial charge in [0, 0.05) is 12.8 Å². The molecular weight excluding hydrogens is 681 g/mol. The number of rotatable bonds is 39. The topological polar surface area (TPSA) is 72.8 Å². The van der Waals surface area contributed by atoms with E-state index in [1.165, 1.54) is 64.2 Å². The number of aliphatic hydroxyl groups is 1. The zero-order chi connectivity index (χ0) is 40.0. The Kier molecular flexibility index (Phi) is 42.6. The van der Waals surface area contributed by atoms with Gasteiger partial charge in [-0.15, -0.1) is 0 Å². The Morgan fingerprint density at radius 2 is 0.782 bits per heavy atom. The second-order valence-corrected chi connectivity index (χ2v) is 14.4. The van der Waals surface area contributed by atoms with E-state index in [1.807, 2.05) is 0 Å². The predicted octanol–water partition coefficient (Wildman–Crippen LogP) is 14.5. The fourth-order valence-corrected chi connectivity index (χ4v) is 5.76. The van der Waals surface area contributed by atoms with Crippen molar-refractivity contribution in [1.82, 2.24) is 0 Å². The van der Waals surface area contributed by atoms with Gasteiger partial charge in [0.25, 0.3) is 0 Å². The van der Waals surface area contributed by atoms with Crippen LogP contribution in [-0.2, 0) is 19.1 Å². The van der Waals surface area contributed by atoms with Gasteiger partial charge in [0.15, 0.2) is 6.10 Å². The quantitative estimate of drug-likeness (QED) is 0.0383. The number of hydrogen-bond acceptors (Lipinski definition) is 5. The lowest BCUT2D eigenvalue weighted by molar-refractivity contribution is -0.161. The minimum absolute atomic E-state index is 0.0895. The first kappa shape index (κ1) is 51.8. The number of carbonyl (C=O) groups is 2. The van der Waals surface area contributed by atoms with E-state index in [0.29, 0.717) is 12.8 Å². The minimum Gasteiger partial charge on any atom is -0.462 e. The molecule has 0 bridgehead atoms. The van der Waals surface area contributed by atoms with Gasteiger partial charge in [0.05, 0.1) is 6.61 Å². The van der Waals surface area contributed by atoms with Gasteiger partial charge in [0.1, 0.15) is 6.61 Å². The first-order valence-corrected chi connectivity index (χ1v) is 22.3. The van der Waals surface area contributed by atoms with Crippen LogP contribution >= 0.6 is 0 Å². The summed E-state index contributed by atoms with van der Waals surface area (Å²) in [5, 5.41) is 9.58. The Bertz CT molecular complexity index is 1090. The number of aliphatic hydroxyl groups excluding tert-OH is 1. The average molecular weight is 763 g/mol. The third-order valence-electron chi connectivity index (χ3n) is 9.11. The maximum Gasteiger partial charge on any atom is 0.306 e. The highest BCUT2D eigenvalue weighted by atomic mass is 16.6. The lowest BCUT2D eigenvalue weighted by Crippen LogP contribution is -2.28. The van der Waals surface area contributed by atoms with Gasteiger partial charge in [-0.1, -0.05) is 175 Å². The summed E-state index contributed by atoms with van der Waals surface area (Å²) < 4.78 is 10.6. The van der Waals surface area contributed by atoms with Gasteiger partial charge in [0.2, 0.25) is 0 Å². The Labute approximate surface area is 338 Å². The van der Waals surface area contributed by atoms with Crippen LogP contribution in [0.15, 0.2) is 97.2 Å². The van der Waals surface area contributed by atoms with Gasteiger partial charge in [-0.25, -0.2) is 0 Å². The number of hydrogen-bond donors (Lipinski definition) is 1. The van der Waals surface area contributed by atoms with E-state index in [1.54, 1.807) is 0 Å². The van der Waals surface area contributed by atoms with Crippen LogP contribution in [0.5, 0.6) is 0 Å². The van der Waals surface area contributed by atoms with Gasteiger partial charge in [-0.3, -0.25) is 9.59 Å². The predicted molar refractivity (Wildman–Crippen MR) is 237 cm³/mol. The SMILES string of the molecule is CC/C=C\C/C=C\C/C=C\C/C=C\C/C=C\C/C=C\C/C=C\CCCCCC(=O)OC(CO)COC(=O)CCCCCCC/C=C\CCCCCCCCC. The molecule has 0 amide bonds. The molecule has 1 atom stereocenters. The first-order valence-electron chi connectivity index (χ1n) is 22.3. The van der Waals surface area contributed by atoms with Gasteiger partial charge in [-0.2, -0.15) is 0 Å². The summed E-state index contributed by atoms with van der Waals surface area (Å²) in [5.41, 5.74) is 0. The van der Waals surface area contributed by atoms with Crippen molar-refractivity contribution in [2.45, 2.75) is 193 Å². The van der Waals surface area contributed by atoms with Crippen LogP contribution < -0.4 is 0 Å². The van der Waals surface area contributed by atoms with Gasteiger partial charge in [-0.05, 0) is 96.3 Å². The largest absolute Gasteiger partial charge is 0.462 e. The number of carbonyl (C=O) groups excluding carboxylic acids is 2. The number of unbranched alkanes of at least 4 members (excludes halogenated alkanes) is 15. The second-order valence-electron chi connectivity index (χ2n) is 14.4. The van der Waals surface area contributed by atoms with Crippen LogP contribution in [0.25, 0.3) is 0 Å². The summed E-state index contributed by atoms with van der Waals surface area (Å²) in [5.74, 6) is -0.646. The molecule has 0 saturated heterocycles. The summed E-state index contributed by atoms with van der Waals surface area (Å²) >= 11 is 0. The highest BCUT2D eigenvalue weighted by Gasteiger charge is 2.16. The van der Waals surface area contributed by atoms with E-state index in [4.69, 9.17) is 9.47 Å². The van der Waals surface area contributed by atoms with Crippen molar-refractivity contribution < 1.29 is 24.2 Å². The highest BCUT2D eigenvalue weighted by Crippen LogP contribution is 2.12. The number of allylic oxidation sites excluding steroid dienone is 16. The molecule has 0 saturated carbocycles. The van der Waals surface area contributed by atoms with E-state index in [0.717, 1.165) is 96.3 Å². The molecule has 0 radical (unpaired) electrons. The number of ether oxygens (including phenoxy) is 2. The van der Waals surface area contributed by atoms with Crippen molar-refractivity contribution in [1.29, 1.82) is 0 Å². The van der Waals surface area contributed by atoms with Crippen LogP contribution in [0, 0.1) is 0 Å². The van der Waals surface area contributed by atoms with Gasteiger partial charge >= 0.3 is 11.9 Å². The van der Waals surface area contributed by atoms with E-state index in [-0.39, 0.29) is 25.2 Å². The van der Waals surface area contributed by atoms with Crippen molar-refractivity contribution in [3.05, 3.63) is 97.2 Å². The third kappa shape index (κ3) is 43.4. The molecule has 0 aromatic carbocycles. The van der Waals surface area contributed by atoms with Crippen molar-refractivity contribution in [2.75, 3.05) is 13.2 Å². The molecular formula is C50H82O5. The fraction of sp³-hybridized carbons (Fsp3) is 0.640. The number of esters is 2. The molecule has 312 valence electrons. The monoisotopic (exact) mass is 763 g/mol. The summed E-state index contributed by atoms with van der Waals surface area (Å²) in [6.07, 6.45) is 63.3. The molecule has 0 aliphatic rings. The summed E-state index contributed by atoms with van der Waals surface area (Å²) in [6.45, 7) is 3.98. The van der Waals surface area contributed by atoms with Crippen LogP contribution in [0.1, 0.15) is 187 Å². The summed E-state index contributed by atoms with van der Waals surface area (Å²) in [4.78, 5) is 24.3. The van der Waals surface area contributed by atoms with Crippen molar-refractivity contribution in [3.63, 3.8) is 0 Å². The van der Waals surface area contributed by atoms with Crippen LogP contribution in [-0.4, -0.2) is 36.4 Å². The molecule has 0 spiro atoms. The highest BCUT2D eigenvalue weighted by molar-refractivity contribution is 5.70. The molecule has 5 heteroatoms. The van der Waals surface area contributed by atoms with Crippen LogP contribution in [0.3, 0.4) is 0 Å². The molecule has 1 N–H and O–H groups in total. The molecule has 0 rings (SSSR count). The molecule has 0 fully saturated rings. The normalized spacial score (nSPS) is 13.1. The molecule has 0 heterocycles. The standard InChI is InChI=1S/C50H82O5/c1-3-5-7-9-11-13-15-17-19-21-22-23-24-25-26-27-28-29-31-33-35-37-39-41-43-45-50(53)55-48(46-51)47-54-49(52)44-42-40-38-36-34-32-30-20-18-16-14-12-10-8-6-4-2/h5,7,11,13,17,19-20,22-23,25-26,28-30,33,35,48,51H,3-4,6,8-10,12,14-16,18,21,24,27,31-32,34,36-47H2,1-2H3/b7-5-,13-11-,19-17-,23-22-,26-25-,29-28-,30-20-,35-33-. The van der Waals surface area contributed by atoms with E-state index in [9.17, 15) is 14.7 Å². The zero-order valence-corrected chi connectivity index (χ0v) is 35.4. The smallest absolute Gasteiger partial charge is 0.306 e. The van der Waals surface area contributed by atoms with Crippen molar-refractivity contribution >= 4 is 11.9 Å². The zero-order valence-electron chi connectivity index (χ0n) is 35.4. The Morgan fingerprint density at radius 3 is 1.22 bits per heavy atom. The van der Waals surface area contributed by atoms with E-state index < -0.39 is 6.10 Å². The van der Waals surface area contributed by atoms with Gasteiger partial charge < -0.3 is 14.6 Å². The molecule has 0 aliphatic heterocycles. The maximum absolute atomic E-state index is 12.2. The van der Waals surface area contributed by atoms with Crippen LogP contribution in [0.4, 0.5) is 0 Å².